The summed E-state index contributed by atoms with van der Waals surface area (Å²) in [7, 11) is 2.20. The van der Waals surface area contributed by atoms with E-state index in [1.165, 1.54) is 30.6 Å². The topological polar surface area (TPSA) is 15.3 Å². The van der Waals surface area contributed by atoms with Crippen LogP contribution in [-0.2, 0) is 0 Å². The molecule has 0 saturated carbocycles. The molecule has 0 spiro atoms. The molecule has 0 aromatic heterocycles. The van der Waals surface area contributed by atoms with Gasteiger partial charge < -0.3 is 9.62 Å². The van der Waals surface area contributed by atoms with Crippen molar-refractivity contribution in [3.05, 3.63) is 29.8 Å². The summed E-state index contributed by atoms with van der Waals surface area (Å²) in [6.45, 7) is 6.71. The molecule has 0 radical (unpaired) electrons. The Balaban J connectivity index is 2.11. The summed E-state index contributed by atoms with van der Waals surface area (Å²) in [6.07, 6.45) is 2.57. The molecular formula is C14H24N2S. The number of aryl methyl sites for hydroxylation is 1. The van der Waals surface area contributed by atoms with E-state index >= 15 is 0 Å². The number of nitrogens with one attached hydrogen (secondary N) is 1. The molecule has 96 valence electrons. The predicted molar refractivity (Wildman–Crippen MR) is 79.7 cm³/mol. The fourth-order valence-electron chi connectivity index (χ4n) is 1.58. The summed E-state index contributed by atoms with van der Waals surface area (Å²) in [5.41, 5.74) is 2.50. The van der Waals surface area contributed by atoms with Gasteiger partial charge in [-0.25, -0.2) is 0 Å². The SMILES string of the molecule is CCCCN(C)CCSNc1cccc(C)c1. The molecule has 0 aliphatic rings. The lowest BCUT2D eigenvalue weighted by Gasteiger charge is -2.15. The first-order valence-corrected chi connectivity index (χ1v) is 7.34. The molecule has 0 aliphatic carbocycles. The molecule has 0 unspecified atom stereocenters. The fourth-order valence-corrected chi connectivity index (χ4v) is 2.38. The second-order valence-corrected chi connectivity index (χ2v) is 5.38. The van der Waals surface area contributed by atoms with Crippen molar-refractivity contribution in [1.82, 2.24) is 4.90 Å². The van der Waals surface area contributed by atoms with E-state index in [4.69, 9.17) is 0 Å². The number of nitrogens with zero attached hydrogens (tertiary/aromatic N) is 1. The van der Waals surface area contributed by atoms with E-state index in [0.717, 1.165) is 12.3 Å². The summed E-state index contributed by atoms with van der Waals surface area (Å²) in [5, 5.41) is 0. The van der Waals surface area contributed by atoms with E-state index in [-0.39, 0.29) is 0 Å². The van der Waals surface area contributed by atoms with Crippen LogP contribution in [0.2, 0.25) is 0 Å². The lowest BCUT2D eigenvalue weighted by atomic mass is 10.2. The summed E-state index contributed by atoms with van der Waals surface area (Å²) in [5.74, 6) is 1.12. The van der Waals surface area contributed by atoms with Gasteiger partial charge in [0.1, 0.15) is 0 Å². The Morgan fingerprint density at radius 3 is 2.82 bits per heavy atom. The van der Waals surface area contributed by atoms with Crippen LogP contribution in [0.15, 0.2) is 24.3 Å². The van der Waals surface area contributed by atoms with Gasteiger partial charge in [-0.2, -0.15) is 0 Å². The van der Waals surface area contributed by atoms with Crippen molar-refractivity contribution in [2.24, 2.45) is 0 Å². The van der Waals surface area contributed by atoms with Crippen molar-refractivity contribution in [3.8, 4) is 0 Å². The Hall–Kier alpha value is -0.670. The van der Waals surface area contributed by atoms with E-state index in [2.05, 4.69) is 54.8 Å². The molecule has 0 atom stereocenters. The Labute approximate surface area is 110 Å². The quantitative estimate of drug-likeness (QED) is 0.560. The van der Waals surface area contributed by atoms with Crippen molar-refractivity contribution < 1.29 is 0 Å². The Morgan fingerprint density at radius 1 is 1.29 bits per heavy atom. The number of hydrogen-bond donors (Lipinski definition) is 1. The van der Waals surface area contributed by atoms with Crippen LogP contribution in [0.5, 0.6) is 0 Å². The first-order valence-electron chi connectivity index (χ1n) is 6.35. The summed E-state index contributed by atoms with van der Waals surface area (Å²) in [4.78, 5) is 2.40. The van der Waals surface area contributed by atoms with Gasteiger partial charge in [0.2, 0.25) is 0 Å². The van der Waals surface area contributed by atoms with Crippen LogP contribution >= 0.6 is 11.9 Å². The van der Waals surface area contributed by atoms with Gasteiger partial charge in [-0.1, -0.05) is 37.4 Å². The van der Waals surface area contributed by atoms with Crippen molar-refractivity contribution in [3.63, 3.8) is 0 Å². The minimum absolute atomic E-state index is 1.12. The van der Waals surface area contributed by atoms with E-state index in [1.807, 2.05) is 0 Å². The average Bonchev–Trinajstić information content (AvgIpc) is 2.32. The number of benzene rings is 1. The molecule has 0 fully saturated rings. The zero-order chi connectivity index (χ0) is 12.5. The van der Waals surface area contributed by atoms with Gasteiger partial charge in [-0.15, -0.1) is 0 Å². The third kappa shape index (κ3) is 6.59. The Kier molecular flexibility index (Phi) is 7.13. The van der Waals surface area contributed by atoms with Gasteiger partial charge >= 0.3 is 0 Å². The summed E-state index contributed by atoms with van der Waals surface area (Å²) >= 11 is 1.79. The second kappa shape index (κ2) is 8.43. The maximum absolute atomic E-state index is 3.39. The smallest absolute Gasteiger partial charge is 0.0442 e. The van der Waals surface area contributed by atoms with E-state index in [9.17, 15) is 0 Å². The highest BCUT2D eigenvalue weighted by Crippen LogP contribution is 2.14. The van der Waals surface area contributed by atoms with Crippen LogP contribution < -0.4 is 4.72 Å². The molecule has 3 heteroatoms. The number of unbranched alkanes of at least 4 members (excludes halogenated alkanes) is 1. The third-order valence-electron chi connectivity index (χ3n) is 2.68. The molecule has 0 bridgehead atoms. The van der Waals surface area contributed by atoms with Crippen LogP contribution in [0.3, 0.4) is 0 Å². The van der Waals surface area contributed by atoms with Crippen LogP contribution in [0.25, 0.3) is 0 Å². The van der Waals surface area contributed by atoms with Crippen LogP contribution in [0.1, 0.15) is 25.3 Å². The molecule has 0 heterocycles. The molecule has 1 aromatic rings. The summed E-state index contributed by atoms with van der Waals surface area (Å²) in [6, 6.07) is 8.49. The van der Waals surface area contributed by atoms with Crippen LogP contribution in [0.4, 0.5) is 5.69 Å². The average molecular weight is 252 g/mol. The molecule has 0 saturated heterocycles. The highest BCUT2D eigenvalue weighted by molar-refractivity contribution is 8.00. The highest BCUT2D eigenvalue weighted by atomic mass is 32.2. The van der Waals surface area contributed by atoms with Gasteiger partial charge in [0.25, 0.3) is 0 Å². The van der Waals surface area contributed by atoms with Gasteiger partial charge in [-0.3, -0.25) is 0 Å². The Bertz CT molecular complexity index is 315. The molecule has 2 nitrogen and oxygen atoms in total. The maximum Gasteiger partial charge on any atom is 0.0442 e. The second-order valence-electron chi connectivity index (χ2n) is 4.48. The van der Waals surface area contributed by atoms with E-state index in [0.29, 0.717) is 0 Å². The molecule has 0 aliphatic heterocycles. The molecule has 17 heavy (non-hydrogen) atoms. The summed E-state index contributed by atoms with van der Waals surface area (Å²) < 4.78 is 3.39. The third-order valence-corrected chi connectivity index (χ3v) is 3.44. The zero-order valence-corrected chi connectivity index (χ0v) is 12.0. The lowest BCUT2D eigenvalue weighted by molar-refractivity contribution is 0.348. The number of anilines is 1. The van der Waals surface area contributed by atoms with Crippen molar-refractivity contribution in [2.75, 3.05) is 30.6 Å². The van der Waals surface area contributed by atoms with Gasteiger partial charge in [0, 0.05) is 18.0 Å². The van der Waals surface area contributed by atoms with Crippen molar-refractivity contribution in [1.29, 1.82) is 0 Å². The van der Waals surface area contributed by atoms with E-state index in [1.54, 1.807) is 11.9 Å². The van der Waals surface area contributed by atoms with Crippen LogP contribution in [-0.4, -0.2) is 30.8 Å². The molecule has 1 N–H and O–H groups in total. The zero-order valence-electron chi connectivity index (χ0n) is 11.2. The number of hydrogen-bond acceptors (Lipinski definition) is 3. The standard InChI is InChI=1S/C14H24N2S/c1-4-5-9-16(3)10-11-17-15-14-8-6-7-13(2)12-14/h6-8,12,15H,4-5,9-11H2,1-3H3. The predicted octanol–water partition coefficient (Wildman–Crippen LogP) is 3.79. The Morgan fingerprint density at radius 2 is 2.12 bits per heavy atom. The van der Waals surface area contributed by atoms with Gasteiger partial charge in [-0.05, 0) is 44.6 Å². The monoisotopic (exact) mass is 252 g/mol. The lowest BCUT2D eigenvalue weighted by Crippen LogP contribution is -2.22. The minimum Gasteiger partial charge on any atom is -0.330 e. The highest BCUT2D eigenvalue weighted by Gasteiger charge is 1.97. The fraction of sp³-hybridized carbons (Fsp3) is 0.571. The van der Waals surface area contributed by atoms with Gasteiger partial charge in [0.15, 0.2) is 0 Å². The first-order chi connectivity index (χ1) is 8.22. The van der Waals surface area contributed by atoms with Crippen molar-refractivity contribution in [2.45, 2.75) is 26.7 Å². The van der Waals surface area contributed by atoms with Crippen LogP contribution in [0, 0.1) is 6.92 Å². The first kappa shape index (κ1) is 14.4. The molecule has 1 rings (SSSR count). The van der Waals surface area contributed by atoms with Crippen molar-refractivity contribution >= 4 is 17.6 Å². The number of rotatable bonds is 8. The largest absolute Gasteiger partial charge is 0.330 e. The molecule has 1 aromatic carbocycles. The van der Waals surface area contributed by atoms with E-state index < -0.39 is 0 Å². The maximum atomic E-state index is 3.39. The minimum atomic E-state index is 1.12. The molecular weight excluding hydrogens is 228 g/mol. The molecule has 0 amide bonds. The van der Waals surface area contributed by atoms with Gasteiger partial charge in [0.05, 0.1) is 0 Å². The normalized spacial score (nSPS) is 10.8.